The first kappa shape index (κ1) is 60.1. The first-order valence-corrected chi connectivity index (χ1v) is 35.0. The molecule has 0 fully saturated rings. The van der Waals surface area contributed by atoms with E-state index >= 15 is 0 Å². The van der Waals surface area contributed by atoms with Crippen molar-refractivity contribution in [2.75, 3.05) is 14.7 Å². The summed E-state index contributed by atoms with van der Waals surface area (Å²) in [5.74, 6) is 0. The Kier molecular flexibility index (Phi) is 13.8. The van der Waals surface area contributed by atoms with Gasteiger partial charge in [-0.1, -0.05) is 220 Å². The zero-order valence-electron chi connectivity index (χ0n) is 56.8. The van der Waals surface area contributed by atoms with E-state index in [9.17, 15) is 0 Å². The number of hydrogen-bond acceptors (Lipinski definition) is 5. The molecule has 0 N–H and O–H groups in total. The molecule has 10 aromatic carbocycles. The van der Waals surface area contributed by atoms with Crippen LogP contribution >= 0.6 is 22.7 Å². The maximum Gasteiger partial charge on any atom is 0.264 e. The van der Waals surface area contributed by atoms with Crippen LogP contribution in [0.3, 0.4) is 0 Å². The van der Waals surface area contributed by atoms with E-state index in [-0.39, 0.29) is 39.2 Å². The van der Waals surface area contributed by atoms with Crippen LogP contribution in [-0.4, -0.2) is 6.71 Å². The van der Waals surface area contributed by atoms with Gasteiger partial charge in [-0.3, -0.25) is 0 Å². The predicted octanol–water partition coefficient (Wildman–Crippen LogP) is 23.7. The highest BCUT2D eigenvalue weighted by Gasteiger charge is 2.47. The normalized spacial score (nSPS) is 15.2. The van der Waals surface area contributed by atoms with Crippen LogP contribution in [-0.2, 0) is 32.5 Å². The molecule has 0 amide bonds. The van der Waals surface area contributed by atoms with Gasteiger partial charge in [0.05, 0.1) is 11.4 Å². The van der Waals surface area contributed by atoms with Crippen molar-refractivity contribution < 1.29 is 0 Å². The van der Waals surface area contributed by atoms with Crippen molar-refractivity contribution in [1.29, 1.82) is 0 Å². The van der Waals surface area contributed by atoms with E-state index < -0.39 is 0 Å². The van der Waals surface area contributed by atoms with Gasteiger partial charge in [-0.15, -0.1) is 22.7 Å². The summed E-state index contributed by atoms with van der Waals surface area (Å²) >= 11 is 3.88. The van der Waals surface area contributed by atoms with Gasteiger partial charge in [0, 0.05) is 80.4 Å². The molecule has 2 aliphatic heterocycles. The van der Waals surface area contributed by atoms with Crippen LogP contribution < -0.4 is 30.4 Å². The standard InChI is InChI=1S/C86H86BN3S2/c1-81(2,3)55-29-35-59(36-30-55)88(70-42-33-57(83(7,8)9)49-65(70)53-23-18-17-19-24-53)62-39-41-69-71(52-62)89(61-40-44-75-66(51-61)64-25-20-21-28-74(64)91-75)72-47-54(63-26-22-27-68-77(63)86(15,16)46-45-85(68,13)14)48-73-78(72)87(69)80-79(67-50-58(84(10,11)12)34-43-76(67)92-80)90(73)60-37-31-56(32-38-60)82(4,5)6/h17-44,47-52H,45-46H2,1-16H3. The number of anilines is 9. The van der Waals surface area contributed by atoms with Gasteiger partial charge in [0.15, 0.2) is 0 Å². The molecule has 1 aliphatic carbocycles. The summed E-state index contributed by atoms with van der Waals surface area (Å²) in [4.78, 5) is 7.93. The molecule has 0 saturated carbocycles. The third-order valence-corrected chi connectivity index (χ3v) is 23.1. The molecule has 2 aromatic heterocycles. The maximum absolute atomic E-state index is 2.69. The highest BCUT2D eigenvalue weighted by atomic mass is 32.1. The molecule has 0 saturated heterocycles. The number of thiophene rings is 2. The summed E-state index contributed by atoms with van der Waals surface area (Å²) in [7, 11) is 0. The summed E-state index contributed by atoms with van der Waals surface area (Å²) in [6.07, 6.45) is 2.27. The minimum absolute atomic E-state index is 0.0121. The van der Waals surface area contributed by atoms with Crippen LogP contribution in [0.2, 0.25) is 0 Å². The molecule has 12 aromatic rings. The van der Waals surface area contributed by atoms with Crippen molar-refractivity contribution in [3.63, 3.8) is 0 Å². The monoisotopic (exact) mass is 1240 g/mol. The van der Waals surface area contributed by atoms with E-state index in [0.717, 1.165) is 35.6 Å². The molecule has 3 aliphatic rings. The average Bonchev–Trinajstić information content (AvgIpc) is 1.27. The van der Waals surface area contributed by atoms with Crippen LogP contribution in [0.15, 0.2) is 206 Å². The Hall–Kier alpha value is -8.16. The molecule has 4 heterocycles. The largest absolute Gasteiger partial charge is 0.311 e. The van der Waals surface area contributed by atoms with Crippen molar-refractivity contribution in [2.45, 2.75) is 156 Å². The summed E-state index contributed by atoms with van der Waals surface area (Å²) in [6, 6.07) is 80.9. The van der Waals surface area contributed by atoms with Crippen LogP contribution in [0.4, 0.5) is 51.2 Å². The first-order valence-electron chi connectivity index (χ1n) is 33.4. The zero-order chi connectivity index (χ0) is 64.3. The topological polar surface area (TPSA) is 9.72 Å². The van der Waals surface area contributed by atoms with Gasteiger partial charge < -0.3 is 14.7 Å². The molecular formula is C86H86BN3S2. The Balaban J connectivity index is 1.08. The third-order valence-electron chi connectivity index (χ3n) is 20.7. The van der Waals surface area contributed by atoms with Crippen molar-refractivity contribution >= 4 is 127 Å². The van der Waals surface area contributed by atoms with Gasteiger partial charge >= 0.3 is 0 Å². The lowest BCUT2D eigenvalue weighted by Gasteiger charge is -2.45. The quantitative estimate of drug-likeness (QED) is 0.147. The Bertz CT molecular complexity index is 4920. The second-order valence-electron chi connectivity index (χ2n) is 32.1. The Morgan fingerprint density at radius 2 is 0.967 bits per heavy atom. The third kappa shape index (κ3) is 9.95. The van der Waals surface area contributed by atoms with Crippen LogP contribution in [0.1, 0.15) is 157 Å². The molecule has 0 radical (unpaired) electrons. The van der Waals surface area contributed by atoms with Gasteiger partial charge in [0.1, 0.15) is 0 Å². The van der Waals surface area contributed by atoms with Crippen LogP contribution in [0.5, 0.6) is 0 Å². The van der Waals surface area contributed by atoms with Crippen molar-refractivity contribution in [2.24, 2.45) is 0 Å². The molecule has 15 rings (SSSR count). The summed E-state index contributed by atoms with van der Waals surface area (Å²) < 4.78 is 5.28. The van der Waals surface area contributed by atoms with Gasteiger partial charge in [0.2, 0.25) is 0 Å². The smallest absolute Gasteiger partial charge is 0.264 e. The van der Waals surface area contributed by atoms with Crippen LogP contribution in [0, 0.1) is 0 Å². The fourth-order valence-electron chi connectivity index (χ4n) is 15.3. The Morgan fingerprint density at radius 1 is 0.402 bits per heavy atom. The van der Waals surface area contributed by atoms with Gasteiger partial charge in [0.25, 0.3) is 6.71 Å². The Morgan fingerprint density at radius 3 is 1.66 bits per heavy atom. The highest BCUT2D eigenvalue weighted by molar-refractivity contribution is 7.33. The number of nitrogens with zero attached hydrogens (tertiary/aromatic N) is 3. The molecule has 460 valence electrons. The average molecular weight is 1240 g/mol. The van der Waals surface area contributed by atoms with E-state index in [1.165, 1.54) is 130 Å². The van der Waals surface area contributed by atoms with Gasteiger partial charge in [-0.2, -0.15) is 0 Å². The van der Waals surface area contributed by atoms with Crippen LogP contribution in [0.25, 0.3) is 52.5 Å². The number of fused-ring (bicyclic) bond motifs is 10. The molecule has 0 spiro atoms. The van der Waals surface area contributed by atoms with Crippen molar-refractivity contribution in [3.05, 3.63) is 240 Å². The fourth-order valence-corrected chi connectivity index (χ4v) is 17.7. The lowest BCUT2D eigenvalue weighted by molar-refractivity contribution is 0.333. The molecule has 92 heavy (non-hydrogen) atoms. The molecule has 0 atom stereocenters. The SMILES string of the molecule is CC(C)(C)c1ccc(N(c2ccc3c(c2)N(c2ccc4sc5ccccc5c4c2)c2cc(-c4cccc5c4C(C)(C)CCC5(C)C)cc4c2B3c2sc3ccc(C(C)(C)C)cc3c2N4c2ccc(C(C)(C)C)cc2)c2ccc(C(C)(C)C)cc2-c2ccccc2)cc1. The fraction of sp³-hybridized carbons (Fsp3) is 0.279. The van der Waals surface area contributed by atoms with Gasteiger partial charge in [-0.05, 0) is 203 Å². The Labute approximate surface area is 555 Å². The summed E-state index contributed by atoms with van der Waals surface area (Å²) in [5.41, 5.74) is 26.2. The highest BCUT2D eigenvalue weighted by Crippen LogP contribution is 2.55. The molecular weight excluding hydrogens is 1150 g/mol. The van der Waals surface area contributed by atoms with E-state index in [2.05, 4.69) is 332 Å². The predicted molar refractivity (Wildman–Crippen MR) is 404 cm³/mol. The van der Waals surface area contributed by atoms with E-state index in [1.807, 2.05) is 22.7 Å². The maximum atomic E-state index is 2.69. The molecule has 3 nitrogen and oxygen atoms in total. The lowest BCUT2D eigenvalue weighted by Crippen LogP contribution is -2.60. The lowest BCUT2D eigenvalue weighted by atomic mass is 9.36. The first-order chi connectivity index (χ1) is 43.6. The molecule has 6 heteroatoms. The number of hydrogen-bond donors (Lipinski definition) is 0. The second-order valence-corrected chi connectivity index (χ2v) is 34.3. The van der Waals surface area contributed by atoms with E-state index in [1.54, 1.807) is 0 Å². The van der Waals surface area contributed by atoms with E-state index in [0.29, 0.717) is 0 Å². The summed E-state index contributed by atoms with van der Waals surface area (Å²) in [5, 5.41) is 3.88. The number of benzene rings is 10. The van der Waals surface area contributed by atoms with E-state index in [4.69, 9.17) is 0 Å². The molecule has 0 bridgehead atoms. The van der Waals surface area contributed by atoms with Gasteiger partial charge in [-0.25, -0.2) is 0 Å². The molecule has 0 unspecified atom stereocenters. The summed E-state index contributed by atoms with van der Waals surface area (Å²) in [6.45, 7) is 37.8. The zero-order valence-corrected chi connectivity index (χ0v) is 58.4. The van der Waals surface area contributed by atoms with Crippen molar-refractivity contribution in [1.82, 2.24) is 0 Å². The minimum Gasteiger partial charge on any atom is -0.311 e. The number of rotatable bonds is 7. The minimum atomic E-state index is -0.0961. The second kappa shape index (κ2) is 21.2. The van der Waals surface area contributed by atoms with Crippen molar-refractivity contribution in [3.8, 4) is 22.3 Å².